The molecule has 23 heavy (non-hydrogen) atoms. The van der Waals surface area contributed by atoms with Gasteiger partial charge in [0.2, 0.25) is 5.91 Å². The second kappa shape index (κ2) is 8.89. The van der Waals surface area contributed by atoms with E-state index in [9.17, 15) is 4.79 Å². The number of benzene rings is 1. The van der Waals surface area contributed by atoms with E-state index in [-0.39, 0.29) is 17.9 Å². The summed E-state index contributed by atoms with van der Waals surface area (Å²) in [7, 11) is 1.66. The maximum absolute atomic E-state index is 12.3. The molecule has 1 fully saturated rings. The van der Waals surface area contributed by atoms with E-state index in [2.05, 4.69) is 17.4 Å². The highest BCUT2D eigenvalue weighted by molar-refractivity contribution is 5.82. The molecule has 1 aliphatic heterocycles. The number of carbonyl (C=O) groups is 1. The van der Waals surface area contributed by atoms with E-state index in [1.54, 1.807) is 7.11 Å². The highest BCUT2D eigenvalue weighted by Gasteiger charge is 2.27. The van der Waals surface area contributed by atoms with Gasteiger partial charge in [0.25, 0.3) is 0 Å². The summed E-state index contributed by atoms with van der Waals surface area (Å²) in [6, 6.07) is 7.71. The molecule has 1 aromatic rings. The second-order valence-corrected chi connectivity index (χ2v) is 6.27. The van der Waals surface area contributed by atoms with Gasteiger partial charge in [0.05, 0.1) is 13.2 Å². The minimum Gasteiger partial charge on any atom is -0.497 e. The number of carbonyl (C=O) groups excluding carboxylic acids is 1. The summed E-state index contributed by atoms with van der Waals surface area (Å²) in [5.74, 6) is 1.05. The van der Waals surface area contributed by atoms with Gasteiger partial charge in [0.15, 0.2) is 0 Å². The number of amides is 1. The van der Waals surface area contributed by atoms with E-state index >= 15 is 0 Å². The topological polar surface area (TPSA) is 73.6 Å². The van der Waals surface area contributed by atoms with Gasteiger partial charge in [-0.15, -0.1) is 0 Å². The van der Waals surface area contributed by atoms with Crippen LogP contribution in [-0.2, 0) is 16.0 Å². The molecule has 1 amide bonds. The molecule has 0 spiro atoms. The Morgan fingerprint density at radius 1 is 1.35 bits per heavy atom. The molecule has 0 saturated carbocycles. The summed E-state index contributed by atoms with van der Waals surface area (Å²) in [5, 5.41) is 3.04. The summed E-state index contributed by atoms with van der Waals surface area (Å²) in [6.45, 7) is 3.44. The maximum Gasteiger partial charge on any atom is 0.237 e. The zero-order chi connectivity index (χ0) is 16.7. The third-order valence-electron chi connectivity index (χ3n) is 4.49. The Hall–Kier alpha value is -1.59. The van der Waals surface area contributed by atoms with Crippen LogP contribution < -0.4 is 15.8 Å². The molecule has 1 saturated heterocycles. The molecule has 128 valence electrons. The first-order chi connectivity index (χ1) is 11.1. The van der Waals surface area contributed by atoms with Crippen LogP contribution in [0.2, 0.25) is 0 Å². The molecule has 1 heterocycles. The molecule has 5 heteroatoms. The van der Waals surface area contributed by atoms with Gasteiger partial charge in [-0.05, 0) is 56.2 Å². The third-order valence-corrected chi connectivity index (χ3v) is 4.49. The Kier molecular flexibility index (Phi) is 6.86. The first-order valence-electron chi connectivity index (χ1n) is 8.36. The van der Waals surface area contributed by atoms with Crippen molar-refractivity contribution < 1.29 is 14.3 Å². The van der Waals surface area contributed by atoms with E-state index in [0.717, 1.165) is 31.4 Å². The number of methoxy groups -OCH3 is 1. The van der Waals surface area contributed by atoms with Gasteiger partial charge in [-0.3, -0.25) is 4.79 Å². The predicted octanol–water partition coefficient (Wildman–Crippen LogP) is 1.89. The smallest absolute Gasteiger partial charge is 0.237 e. The fraction of sp³-hybridized carbons (Fsp3) is 0.611. The Balaban J connectivity index is 1.74. The van der Waals surface area contributed by atoms with Crippen molar-refractivity contribution in [1.29, 1.82) is 0 Å². The van der Waals surface area contributed by atoms with Crippen LogP contribution in [0.5, 0.6) is 5.75 Å². The lowest BCUT2D eigenvalue weighted by atomic mass is 9.91. The Labute approximate surface area is 138 Å². The van der Waals surface area contributed by atoms with Crippen LogP contribution in [0.3, 0.4) is 0 Å². The molecular formula is C18H28N2O3. The minimum absolute atomic E-state index is 0.0425. The first-order valence-corrected chi connectivity index (χ1v) is 8.36. The molecule has 2 atom stereocenters. The molecule has 2 rings (SSSR count). The molecule has 1 aromatic carbocycles. The number of nitrogens with two attached hydrogens (primary N) is 1. The Morgan fingerprint density at radius 2 is 2.00 bits per heavy atom. The number of aryl methyl sites for hydroxylation is 1. The van der Waals surface area contributed by atoms with Gasteiger partial charge in [-0.2, -0.15) is 0 Å². The van der Waals surface area contributed by atoms with Crippen molar-refractivity contribution >= 4 is 5.91 Å². The normalized spacial score (nSPS) is 18.2. The van der Waals surface area contributed by atoms with E-state index in [1.165, 1.54) is 5.56 Å². The fourth-order valence-electron chi connectivity index (χ4n) is 2.88. The highest BCUT2D eigenvalue weighted by Crippen LogP contribution is 2.18. The largest absolute Gasteiger partial charge is 0.497 e. The third kappa shape index (κ3) is 5.52. The molecule has 5 nitrogen and oxygen atoms in total. The summed E-state index contributed by atoms with van der Waals surface area (Å²) >= 11 is 0. The number of rotatable bonds is 7. The zero-order valence-corrected chi connectivity index (χ0v) is 14.1. The minimum atomic E-state index is -0.428. The van der Waals surface area contributed by atoms with Crippen molar-refractivity contribution in [3.63, 3.8) is 0 Å². The summed E-state index contributed by atoms with van der Waals surface area (Å²) in [4.78, 5) is 12.3. The first kappa shape index (κ1) is 17.8. The lowest BCUT2D eigenvalue weighted by Crippen LogP contribution is -2.49. The van der Waals surface area contributed by atoms with Crippen molar-refractivity contribution in [1.82, 2.24) is 5.32 Å². The molecule has 1 aliphatic rings. The Bertz CT molecular complexity index is 484. The zero-order valence-electron chi connectivity index (χ0n) is 14.1. The molecule has 0 aromatic heterocycles. The second-order valence-electron chi connectivity index (χ2n) is 6.27. The summed E-state index contributed by atoms with van der Waals surface area (Å²) in [6.07, 6.45) is 3.54. The van der Waals surface area contributed by atoms with E-state index in [4.69, 9.17) is 15.2 Å². The quantitative estimate of drug-likeness (QED) is 0.804. The maximum atomic E-state index is 12.3. The van der Waals surface area contributed by atoms with Crippen molar-refractivity contribution in [3.05, 3.63) is 29.8 Å². The van der Waals surface area contributed by atoms with E-state index < -0.39 is 6.04 Å². The predicted molar refractivity (Wildman–Crippen MR) is 90.4 cm³/mol. The van der Waals surface area contributed by atoms with Crippen LogP contribution in [0, 0.1) is 5.92 Å². The van der Waals surface area contributed by atoms with Gasteiger partial charge >= 0.3 is 0 Å². The van der Waals surface area contributed by atoms with Gasteiger partial charge in [0.1, 0.15) is 5.75 Å². The van der Waals surface area contributed by atoms with Crippen LogP contribution in [0.15, 0.2) is 24.3 Å². The molecule has 0 bridgehead atoms. The molecular weight excluding hydrogens is 292 g/mol. The lowest BCUT2D eigenvalue weighted by Gasteiger charge is -2.27. The average Bonchev–Trinajstić information content (AvgIpc) is 2.60. The van der Waals surface area contributed by atoms with Crippen molar-refractivity contribution in [2.75, 3.05) is 20.3 Å². The van der Waals surface area contributed by atoms with Crippen LogP contribution in [0.1, 0.15) is 31.7 Å². The van der Waals surface area contributed by atoms with Crippen LogP contribution in [-0.4, -0.2) is 38.3 Å². The summed E-state index contributed by atoms with van der Waals surface area (Å²) < 4.78 is 10.5. The molecule has 0 aliphatic carbocycles. The van der Waals surface area contributed by atoms with Gasteiger partial charge in [-0.1, -0.05) is 12.1 Å². The summed E-state index contributed by atoms with van der Waals surface area (Å²) in [5.41, 5.74) is 7.33. The molecule has 3 N–H and O–H groups in total. The van der Waals surface area contributed by atoms with Crippen LogP contribution in [0.25, 0.3) is 0 Å². The standard InChI is InChI=1S/C18H28N2O3/c1-13(3-4-14-5-7-16(22-2)8-6-14)20-18(21)17(19)15-9-11-23-12-10-15/h5-8,13,15,17H,3-4,9-12,19H2,1-2H3,(H,20,21). The van der Waals surface area contributed by atoms with Crippen molar-refractivity contribution in [3.8, 4) is 5.75 Å². The van der Waals surface area contributed by atoms with E-state index in [0.29, 0.717) is 13.2 Å². The SMILES string of the molecule is COc1ccc(CCC(C)NC(=O)C(N)C2CCOCC2)cc1. The number of nitrogens with one attached hydrogen (secondary N) is 1. The van der Waals surface area contributed by atoms with Crippen LogP contribution >= 0.6 is 0 Å². The van der Waals surface area contributed by atoms with E-state index in [1.807, 2.05) is 19.1 Å². The monoisotopic (exact) mass is 320 g/mol. The van der Waals surface area contributed by atoms with Gasteiger partial charge in [-0.25, -0.2) is 0 Å². The number of hydrogen-bond acceptors (Lipinski definition) is 4. The van der Waals surface area contributed by atoms with Crippen molar-refractivity contribution in [2.45, 2.75) is 44.7 Å². The van der Waals surface area contributed by atoms with Gasteiger partial charge in [0, 0.05) is 19.3 Å². The Morgan fingerprint density at radius 3 is 2.61 bits per heavy atom. The van der Waals surface area contributed by atoms with Crippen molar-refractivity contribution in [2.24, 2.45) is 11.7 Å². The number of hydrogen-bond donors (Lipinski definition) is 2. The lowest BCUT2D eigenvalue weighted by molar-refractivity contribution is -0.125. The average molecular weight is 320 g/mol. The van der Waals surface area contributed by atoms with Gasteiger partial charge < -0.3 is 20.5 Å². The number of ether oxygens (including phenoxy) is 2. The fourth-order valence-corrected chi connectivity index (χ4v) is 2.88. The highest BCUT2D eigenvalue weighted by atomic mass is 16.5. The molecule has 2 unspecified atom stereocenters. The molecule has 0 radical (unpaired) electrons. The van der Waals surface area contributed by atoms with Crippen LogP contribution in [0.4, 0.5) is 0 Å².